The maximum atomic E-state index is 4.34. The van der Waals surface area contributed by atoms with E-state index in [0.29, 0.717) is 0 Å². The van der Waals surface area contributed by atoms with Crippen LogP contribution in [-0.2, 0) is 19.9 Å². The molecule has 0 bridgehead atoms. The third-order valence-electron chi connectivity index (χ3n) is 3.81. The number of benzene rings is 2. The molecule has 0 radical (unpaired) electrons. The van der Waals surface area contributed by atoms with Crippen molar-refractivity contribution in [1.82, 2.24) is 14.8 Å². The molecule has 0 saturated carbocycles. The van der Waals surface area contributed by atoms with Gasteiger partial charge in [-0.3, -0.25) is 0 Å². The average Bonchev–Trinajstić information content (AvgIpc) is 2.94. The lowest BCUT2D eigenvalue weighted by molar-refractivity contribution is 0.748. The van der Waals surface area contributed by atoms with E-state index in [1.54, 1.807) is 11.8 Å². The van der Waals surface area contributed by atoms with Gasteiger partial charge in [0.15, 0.2) is 5.16 Å². The molecule has 1 heterocycles. The van der Waals surface area contributed by atoms with E-state index in [0.717, 1.165) is 36.0 Å². The third-order valence-corrected chi connectivity index (χ3v) is 4.92. The SMILES string of the molecule is Cn1c(Cc2ccccc2)nnc1SCCCc1ccccc1. The summed E-state index contributed by atoms with van der Waals surface area (Å²) >= 11 is 1.79. The molecule has 3 aromatic rings. The predicted molar refractivity (Wildman–Crippen MR) is 95.7 cm³/mol. The number of nitrogens with zero attached hydrogens (tertiary/aromatic N) is 3. The Morgan fingerprint density at radius 3 is 2.22 bits per heavy atom. The summed E-state index contributed by atoms with van der Waals surface area (Å²) in [4.78, 5) is 0. The van der Waals surface area contributed by atoms with Crippen LogP contribution in [0, 0.1) is 0 Å². The fourth-order valence-corrected chi connectivity index (χ4v) is 3.36. The number of hydrogen-bond donors (Lipinski definition) is 0. The van der Waals surface area contributed by atoms with Crippen molar-refractivity contribution in [3.05, 3.63) is 77.6 Å². The highest BCUT2D eigenvalue weighted by molar-refractivity contribution is 7.99. The molecule has 0 aliphatic carbocycles. The standard InChI is InChI=1S/C19H21N3S/c1-22-18(15-17-11-6-3-7-12-17)20-21-19(22)23-14-8-13-16-9-4-2-5-10-16/h2-7,9-12H,8,13-15H2,1H3. The van der Waals surface area contributed by atoms with Gasteiger partial charge in [-0.2, -0.15) is 0 Å². The van der Waals surface area contributed by atoms with E-state index in [-0.39, 0.29) is 0 Å². The first-order valence-electron chi connectivity index (χ1n) is 7.92. The Morgan fingerprint density at radius 2 is 1.52 bits per heavy atom. The summed E-state index contributed by atoms with van der Waals surface area (Å²) in [5.74, 6) is 2.08. The lowest BCUT2D eigenvalue weighted by Gasteiger charge is -2.04. The van der Waals surface area contributed by atoms with Crippen LogP contribution in [0.5, 0.6) is 0 Å². The fraction of sp³-hybridized carbons (Fsp3) is 0.263. The van der Waals surface area contributed by atoms with Crippen molar-refractivity contribution in [1.29, 1.82) is 0 Å². The molecule has 3 nitrogen and oxygen atoms in total. The van der Waals surface area contributed by atoms with Crippen LogP contribution in [0.3, 0.4) is 0 Å². The molecule has 0 amide bonds. The molecule has 0 saturated heterocycles. The molecular weight excluding hydrogens is 302 g/mol. The molecule has 0 N–H and O–H groups in total. The number of aryl methyl sites for hydroxylation is 1. The highest BCUT2D eigenvalue weighted by Gasteiger charge is 2.09. The van der Waals surface area contributed by atoms with Gasteiger partial charge in [0, 0.05) is 19.2 Å². The summed E-state index contributed by atoms with van der Waals surface area (Å²) in [6.45, 7) is 0. The van der Waals surface area contributed by atoms with Crippen LogP contribution in [0.25, 0.3) is 0 Å². The second-order valence-corrected chi connectivity index (χ2v) is 6.62. The molecule has 4 heteroatoms. The normalized spacial score (nSPS) is 10.8. The van der Waals surface area contributed by atoms with Crippen LogP contribution in [0.15, 0.2) is 65.8 Å². The molecule has 0 aliphatic heterocycles. The molecular formula is C19H21N3S. The molecule has 23 heavy (non-hydrogen) atoms. The molecule has 2 aromatic carbocycles. The Kier molecular flexibility index (Phi) is 5.48. The Labute approximate surface area is 141 Å². The Morgan fingerprint density at radius 1 is 0.870 bits per heavy atom. The lowest BCUT2D eigenvalue weighted by Crippen LogP contribution is -2.00. The zero-order valence-corrected chi connectivity index (χ0v) is 14.2. The second kappa shape index (κ2) is 7.97. The van der Waals surface area contributed by atoms with Crippen molar-refractivity contribution in [3.63, 3.8) is 0 Å². The van der Waals surface area contributed by atoms with Crippen LogP contribution in [0.1, 0.15) is 23.4 Å². The van der Waals surface area contributed by atoms with Crippen LogP contribution in [0.2, 0.25) is 0 Å². The third kappa shape index (κ3) is 4.45. The average molecular weight is 323 g/mol. The van der Waals surface area contributed by atoms with Crippen molar-refractivity contribution < 1.29 is 0 Å². The van der Waals surface area contributed by atoms with Crippen molar-refractivity contribution in [2.45, 2.75) is 24.4 Å². The van der Waals surface area contributed by atoms with Crippen molar-refractivity contribution in [2.75, 3.05) is 5.75 Å². The molecule has 0 spiro atoms. The minimum atomic E-state index is 0.828. The van der Waals surface area contributed by atoms with Gasteiger partial charge in [-0.25, -0.2) is 0 Å². The summed E-state index contributed by atoms with van der Waals surface area (Å²) in [7, 11) is 2.05. The number of rotatable bonds is 7. The maximum Gasteiger partial charge on any atom is 0.190 e. The molecule has 0 atom stereocenters. The van der Waals surface area contributed by atoms with E-state index in [4.69, 9.17) is 0 Å². The summed E-state index contributed by atoms with van der Waals surface area (Å²) in [5, 5.41) is 9.68. The van der Waals surface area contributed by atoms with Gasteiger partial charge >= 0.3 is 0 Å². The van der Waals surface area contributed by atoms with Crippen molar-refractivity contribution in [3.8, 4) is 0 Å². The highest BCUT2D eigenvalue weighted by Crippen LogP contribution is 2.19. The molecule has 118 valence electrons. The number of aromatic nitrogens is 3. The van der Waals surface area contributed by atoms with Gasteiger partial charge in [0.1, 0.15) is 5.82 Å². The summed E-state index contributed by atoms with van der Waals surface area (Å²) in [6, 6.07) is 21.0. The molecule has 0 fully saturated rings. The van der Waals surface area contributed by atoms with Gasteiger partial charge in [-0.15, -0.1) is 10.2 Å². The van der Waals surface area contributed by atoms with Gasteiger partial charge < -0.3 is 4.57 Å². The highest BCUT2D eigenvalue weighted by atomic mass is 32.2. The minimum absolute atomic E-state index is 0.828. The fourth-order valence-electron chi connectivity index (χ4n) is 2.49. The van der Waals surface area contributed by atoms with Gasteiger partial charge in [-0.1, -0.05) is 72.4 Å². The van der Waals surface area contributed by atoms with Crippen molar-refractivity contribution in [2.24, 2.45) is 7.05 Å². The second-order valence-electron chi connectivity index (χ2n) is 5.56. The predicted octanol–water partition coefficient (Wildman–Crippen LogP) is 4.13. The molecule has 1 aromatic heterocycles. The van der Waals surface area contributed by atoms with E-state index < -0.39 is 0 Å². The van der Waals surface area contributed by atoms with Gasteiger partial charge in [0.05, 0.1) is 0 Å². The van der Waals surface area contributed by atoms with E-state index in [1.807, 2.05) is 6.07 Å². The van der Waals surface area contributed by atoms with E-state index >= 15 is 0 Å². The largest absolute Gasteiger partial charge is 0.309 e. The summed E-state index contributed by atoms with van der Waals surface area (Å²) in [6.07, 6.45) is 3.09. The van der Waals surface area contributed by atoms with Crippen molar-refractivity contribution >= 4 is 11.8 Å². The van der Waals surface area contributed by atoms with Gasteiger partial charge in [0.2, 0.25) is 0 Å². The topological polar surface area (TPSA) is 30.7 Å². The van der Waals surface area contributed by atoms with Gasteiger partial charge in [0.25, 0.3) is 0 Å². The van der Waals surface area contributed by atoms with Crippen LogP contribution in [0.4, 0.5) is 0 Å². The summed E-state index contributed by atoms with van der Waals surface area (Å²) in [5.41, 5.74) is 2.67. The smallest absolute Gasteiger partial charge is 0.190 e. The monoisotopic (exact) mass is 323 g/mol. The Bertz CT molecular complexity index is 723. The number of thioether (sulfide) groups is 1. The quantitative estimate of drug-likeness (QED) is 0.484. The van der Waals surface area contributed by atoms with Crippen LogP contribution < -0.4 is 0 Å². The van der Waals surface area contributed by atoms with E-state index in [2.05, 4.69) is 76.4 Å². The zero-order valence-electron chi connectivity index (χ0n) is 13.4. The lowest BCUT2D eigenvalue weighted by atomic mass is 10.1. The van der Waals surface area contributed by atoms with Crippen LogP contribution in [-0.4, -0.2) is 20.5 Å². The Balaban J connectivity index is 1.51. The minimum Gasteiger partial charge on any atom is -0.309 e. The van der Waals surface area contributed by atoms with E-state index in [9.17, 15) is 0 Å². The van der Waals surface area contributed by atoms with Gasteiger partial charge in [-0.05, 0) is 24.0 Å². The molecule has 0 unspecified atom stereocenters. The first kappa shape index (κ1) is 15.8. The first-order chi connectivity index (χ1) is 11.3. The van der Waals surface area contributed by atoms with Crippen LogP contribution >= 0.6 is 11.8 Å². The summed E-state index contributed by atoms with van der Waals surface area (Å²) < 4.78 is 2.11. The zero-order chi connectivity index (χ0) is 15.9. The number of hydrogen-bond acceptors (Lipinski definition) is 3. The maximum absolute atomic E-state index is 4.34. The Hall–Kier alpha value is -2.07. The first-order valence-corrected chi connectivity index (χ1v) is 8.90. The molecule has 3 rings (SSSR count). The molecule has 0 aliphatic rings. The van der Waals surface area contributed by atoms with E-state index in [1.165, 1.54) is 11.1 Å².